The number of fused-ring (bicyclic) bond motifs is 1. The maximum Gasteiger partial charge on any atom is 0.273 e. The highest BCUT2D eigenvalue weighted by Crippen LogP contribution is 2.42. The summed E-state index contributed by atoms with van der Waals surface area (Å²) < 4.78 is 11.1. The van der Waals surface area contributed by atoms with Crippen molar-refractivity contribution in [2.24, 2.45) is 0 Å². The van der Waals surface area contributed by atoms with Crippen LogP contribution in [0.15, 0.2) is 48.5 Å². The number of amides is 1. The molecule has 1 N–H and O–H groups in total. The highest BCUT2D eigenvalue weighted by molar-refractivity contribution is 6.00. The molecule has 2 heterocycles. The number of aromatic amines is 1. The Morgan fingerprint density at radius 1 is 1.06 bits per heavy atom. The second-order valence-corrected chi connectivity index (χ2v) is 7.89. The van der Waals surface area contributed by atoms with Crippen LogP contribution in [0, 0.1) is 6.92 Å². The van der Waals surface area contributed by atoms with E-state index in [0.717, 1.165) is 41.0 Å². The molecule has 1 aliphatic heterocycles. The number of aromatic nitrogens is 2. The van der Waals surface area contributed by atoms with Crippen molar-refractivity contribution >= 4 is 5.91 Å². The van der Waals surface area contributed by atoms with Gasteiger partial charge in [0.15, 0.2) is 0 Å². The van der Waals surface area contributed by atoms with Gasteiger partial charge < -0.3 is 14.4 Å². The van der Waals surface area contributed by atoms with E-state index in [0.29, 0.717) is 25.5 Å². The molecule has 1 unspecified atom stereocenters. The lowest BCUT2D eigenvalue weighted by Crippen LogP contribution is -2.32. The first kappa shape index (κ1) is 21.1. The first-order chi connectivity index (χ1) is 15.1. The van der Waals surface area contributed by atoms with E-state index in [1.54, 1.807) is 7.11 Å². The van der Waals surface area contributed by atoms with Crippen LogP contribution in [0.5, 0.6) is 5.75 Å². The van der Waals surface area contributed by atoms with Crippen LogP contribution in [0.2, 0.25) is 0 Å². The minimum atomic E-state index is -0.225. The van der Waals surface area contributed by atoms with E-state index in [-0.39, 0.29) is 11.9 Å². The number of benzene rings is 2. The lowest BCUT2D eigenvalue weighted by Gasteiger charge is -2.26. The van der Waals surface area contributed by atoms with Crippen LogP contribution in [0.1, 0.15) is 53.0 Å². The molecule has 0 spiro atoms. The van der Waals surface area contributed by atoms with Gasteiger partial charge in [0.05, 0.1) is 24.9 Å². The molecule has 0 radical (unpaired) electrons. The van der Waals surface area contributed by atoms with E-state index in [1.165, 1.54) is 5.56 Å². The van der Waals surface area contributed by atoms with Gasteiger partial charge in [-0.3, -0.25) is 9.89 Å². The first-order valence-electron chi connectivity index (χ1n) is 10.8. The van der Waals surface area contributed by atoms with Crippen molar-refractivity contribution in [3.63, 3.8) is 0 Å². The first-order valence-corrected chi connectivity index (χ1v) is 10.8. The molecule has 0 fully saturated rings. The summed E-state index contributed by atoms with van der Waals surface area (Å²) in [6, 6.07) is 16.0. The standard InChI is InChI=1S/C25H29N3O3/c1-4-5-15-31-20-12-10-19(11-13-20)24-21-22(18-8-6-17(2)7-9-18)26-27-23(21)25(29)28(24)14-16-30-3/h6-13,24H,4-5,14-16H2,1-3H3,(H,26,27). The molecule has 2 aromatic carbocycles. The molecule has 3 aromatic rings. The molecule has 1 aromatic heterocycles. The van der Waals surface area contributed by atoms with E-state index in [4.69, 9.17) is 9.47 Å². The number of carbonyl (C=O) groups is 1. The fraction of sp³-hybridized carbons (Fsp3) is 0.360. The fourth-order valence-electron chi connectivity index (χ4n) is 3.98. The molecule has 162 valence electrons. The summed E-state index contributed by atoms with van der Waals surface area (Å²) in [5, 5.41) is 7.51. The second kappa shape index (κ2) is 9.35. The van der Waals surface area contributed by atoms with Gasteiger partial charge in [0.1, 0.15) is 11.4 Å². The van der Waals surface area contributed by atoms with Crippen molar-refractivity contribution in [3.05, 3.63) is 70.9 Å². The van der Waals surface area contributed by atoms with Crippen LogP contribution in [-0.2, 0) is 4.74 Å². The summed E-state index contributed by atoms with van der Waals surface area (Å²) in [6.45, 7) is 5.89. The minimum Gasteiger partial charge on any atom is -0.494 e. The fourth-order valence-corrected chi connectivity index (χ4v) is 3.98. The van der Waals surface area contributed by atoms with Gasteiger partial charge in [0, 0.05) is 24.8 Å². The van der Waals surface area contributed by atoms with Crippen LogP contribution in [0.25, 0.3) is 11.3 Å². The molecule has 1 amide bonds. The smallest absolute Gasteiger partial charge is 0.273 e. The zero-order valence-electron chi connectivity index (χ0n) is 18.4. The van der Waals surface area contributed by atoms with E-state index < -0.39 is 0 Å². The predicted molar refractivity (Wildman–Crippen MR) is 120 cm³/mol. The maximum absolute atomic E-state index is 13.2. The highest BCUT2D eigenvalue weighted by atomic mass is 16.5. The molecule has 1 aliphatic rings. The quantitative estimate of drug-likeness (QED) is 0.508. The third-order valence-electron chi connectivity index (χ3n) is 5.69. The Morgan fingerprint density at radius 2 is 1.81 bits per heavy atom. The van der Waals surface area contributed by atoms with Crippen LogP contribution >= 0.6 is 0 Å². The van der Waals surface area contributed by atoms with Crippen molar-refractivity contribution in [2.75, 3.05) is 26.9 Å². The number of hydrogen-bond acceptors (Lipinski definition) is 4. The second-order valence-electron chi connectivity index (χ2n) is 7.89. The Bertz CT molecular complexity index is 1030. The van der Waals surface area contributed by atoms with Gasteiger partial charge in [0.25, 0.3) is 5.91 Å². The molecule has 6 heteroatoms. The number of rotatable bonds is 9. The van der Waals surface area contributed by atoms with Gasteiger partial charge in [0.2, 0.25) is 0 Å². The number of nitrogens with one attached hydrogen (secondary N) is 1. The molecule has 0 saturated heterocycles. The van der Waals surface area contributed by atoms with Crippen molar-refractivity contribution in [2.45, 2.75) is 32.7 Å². The predicted octanol–water partition coefficient (Wildman–Crippen LogP) is 4.76. The number of nitrogens with zero attached hydrogens (tertiary/aromatic N) is 2. The number of methoxy groups -OCH3 is 1. The average Bonchev–Trinajstić information content (AvgIpc) is 3.33. The lowest BCUT2D eigenvalue weighted by molar-refractivity contribution is 0.0677. The molecule has 6 nitrogen and oxygen atoms in total. The molecule has 4 rings (SSSR count). The molecular formula is C25H29N3O3. The van der Waals surface area contributed by atoms with Crippen molar-refractivity contribution < 1.29 is 14.3 Å². The van der Waals surface area contributed by atoms with Crippen molar-refractivity contribution in [1.82, 2.24) is 15.1 Å². The summed E-state index contributed by atoms with van der Waals surface area (Å²) in [4.78, 5) is 15.1. The maximum atomic E-state index is 13.2. The molecule has 1 atom stereocenters. The molecule has 0 aliphatic carbocycles. The summed E-state index contributed by atoms with van der Waals surface area (Å²) >= 11 is 0. The van der Waals surface area contributed by atoms with Gasteiger partial charge in [-0.1, -0.05) is 55.3 Å². The van der Waals surface area contributed by atoms with Gasteiger partial charge in [-0.15, -0.1) is 0 Å². The number of unbranched alkanes of at least 4 members (excludes halogenated alkanes) is 1. The largest absolute Gasteiger partial charge is 0.494 e. The normalized spacial score (nSPS) is 15.4. The van der Waals surface area contributed by atoms with E-state index in [9.17, 15) is 4.79 Å². The number of ether oxygens (including phenoxy) is 2. The van der Waals surface area contributed by atoms with Gasteiger partial charge >= 0.3 is 0 Å². The lowest BCUT2D eigenvalue weighted by atomic mass is 9.95. The summed E-state index contributed by atoms with van der Waals surface area (Å²) in [5.74, 6) is 0.794. The summed E-state index contributed by atoms with van der Waals surface area (Å²) in [7, 11) is 1.65. The minimum absolute atomic E-state index is 0.0498. The van der Waals surface area contributed by atoms with Crippen LogP contribution < -0.4 is 4.74 Å². The molecule has 31 heavy (non-hydrogen) atoms. The Morgan fingerprint density at radius 3 is 2.48 bits per heavy atom. The summed E-state index contributed by atoms with van der Waals surface area (Å²) in [5.41, 5.74) is 5.50. The van der Waals surface area contributed by atoms with Gasteiger partial charge in [-0.25, -0.2) is 0 Å². The van der Waals surface area contributed by atoms with Crippen molar-refractivity contribution in [1.29, 1.82) is 0 Å². The monoisotopic (exact) mass is 419 g/mol. The van der Waals surface area contributed by atoms with E-state index in [2.05, 4.69) is 48.3 Å². The average molecular weight is 420 g/mol. The zero-order valence-corrected chi connectivity index (χ0v) is 18.4. The SMILES string of the molecule is CCCCOc1ccc(C2c3c(-c4ccc(C)cc4)n[nH]c3C(=O)N2CCOC)cc1. The number of aryl methyl sites for hydroxylation is 1. The molecule has 0 saturated carbocycles. The zero-order chi connectivity index (χ0) is 21.8. The Labute approximate surface area is 183 Å². The number of carbonyl (C=O) groups excluding carboxylic acids is 1. The molecule has 0 bridgehead atoms. The number of H-pyrrole nitrogens is 1. The van der Waals surface area contributed by atoms with E-state index >= 15 is 0 Å². The summed E-state index contributed by atoms with van der Waals surface area (Å²) in [6.07, 6.45) is 2.13. The topological polar surface area (TPSA) is 67.5 Å². The van der Waals surface area contributed by atoms with Gasteiger partial charge in [-0.2, -0.15) is 5.10 Å². The van der Waals surface area contributed by atoms with Crippen LogP contribution in [0.4, 0.5) is 0 Å². The Kier molecular flexibility index (Phi) is 6.37. The highest BCUT2D eigenvalue weighted by Gasteiger charge is 2.41. The van der Waals surface area contributed by atoms with Crippen LogP contribution in [-0.4, -0.2) is 47.9 Å². The third kappa shape index (κ3) is 4.21. The van der Waals surface area contributed by atoms with E-state index in [1.807, 2.05) is 29.2 Å². The third-order valence-corrected chi connectivity index (χ3v) is 5.69. The van der Waals surface area contributed by atoms with Crippen molar-refractivity contribution in [3.8, 4) is 17.0 Å². The number of hydrogen-bond donors (Lipinski definition) is 1. The Balaban J connectivity index is 1.72. The Hall–Kier alpha value is -3.12. The van der Waals surface area contributed by atoms with Crippen LogP contribution in [0.3, 0.4) is 0 Å². The molecular weight excluding hydrogens is 390 g/mol. The van der Waals surface area contributed by atoms with Gasteiger partial charge in [-0.05, 0) is 31.0 Å².